The van der Waals surface area contributed by atoms with E-state index in [4.69, 9.17) is 5.73 Å². The van der Waals surface area contributed by atoms with Crippen LogP contribution in [0.1, 0.15) is 26.7 Å². The quantitative estimate of drug-likeness (QED) is 0.605. The molecule has 0 amide bonds. The molecule has 0 aliphatic rings. The number of nitrogens with zero attached hydrogens (tertiary/aromatic N) is 1. The fourth-order valence-electron chi connectivity index (χ4n) is 1.71. The minimum Gasteiger partial charge on any atom is -0.330 e. The van der Waals surface area contributed by atoms with Crippen molar-refractivity contribution >= 4 is 0 Å². The van der Waals surface area contributed by atoms with E-state index >= 15 is 0 Å². The third-order valence-electron chi connectivity index (χ3n) is 2.50. The number of hydrogen-bond acceptors (Lipinski definition) is 2. The Hall–Kier alpha value is -0.340. The molecule has 2 nitrogen and oxygen atoms in total. The van der Waals surface area contributed by atoms with E-state index in [2.05, 4.69) is 32.4 Å². The Balaban J connectivity index is 3.65. The van der Waals surface area contributed by atoms with Crippen LogP contribution in [0.25, 0.3) is 0 Å². The summed E-state index contributed by atoms with van der Waals surface area (Å²) < 4.78 is 0. The second kappa shape index (κ2) is 8.01. The van der Waals surface area contributed by atoms with Gasteiger partial charge in [0.05, 0.1) is 0 Å². The van der Waals surface area contributed by atoms with E-state index in [0.29, 0.717) is 5.92 Å². The second-order valence-corrected chi connectivity index (χ2v) is 4.57. The van der Waals surface area contributed by atoms with Gasteiger partial charge in [0.15, 0.2) is 0 Å². The Morgan fingerprint density at radius 3 is 2.50 bits per heavy atom. The van der Waals surface area contributed by atoms with Gasteiger partial charge in [-0.2, -0.15) is 0 Å². The molecule has 0 aromatic heterocycles. The molecular weight excluding hydrogens is 172 g/mol. The highest BCUT2D eigenvalue weighted by atomic mass is 15.1. The molecule has 0 radical (unpaired) electrons. The van der Waals surface area contributed by atoms with E-state index in [-0.39, 0.29) is 0 Å². The van der Waals surface area contributed by atoms with Crippen LogP contribution >= 0.6 is 0 Å². The average molecular weight is 198 g/mol. The van der Waals surface area contributed by atoms with Gasteiger partial charge in [0, 0.05) is 6.54 Å². The van der Waals surface area contributed by atoms with E-state index in [9.17, 15) is 0 Å². The third kappa shape index (κ3) is 7.10. The first-order valence-electron chi connectivity index (χ1n) is 5.59. The van der Waals surface area contributed by atoms with Crippen molar-refractivity contribution in [1.29, 1.82) is 0 Å². The van der Waals surface area contributed by atoms with Gasteiger partial charge in [0.25, 0.3) is 0 Å². The van der Waals surface area contributed by atoms with Crippen LogP contribution in [-0.4, -0.2) is 31.6 Å². The highest BCUT2D eigenvalue weighted by Crippen LogP contribution is 2.14. The molecule has 2 N–H and O–H groups in total. The zero-order valence-electron chi connectivity index (χ0n) is 10.00. The Labute approximate surface area is 89.2 Å². The van der Waals surface area contributed by atoms with Crippen LogP contribution in [0.2, 0.25) is 0 Å². The monoisotopic (exact) mass is 198 g/mol. The van der Waals surface area contributed by atoms with Gasteiger partial charge in [-0.25, -0.2) is 0 Å². The van der Waals surface area contributed by atoms with E-state index in [0.717, 1.165) is 25.6 Å². The minimum absolute atomic E-state index is 0.683. The summed E-state index contributed by atoms with van der Waals surface area (Å²) in [6.07, 6.45) is 4.40. The Morgan fingerprint density at radius 1 is 1.43 bits per heavy atom. The van der Waals surface area contributed by atoms with Crippen LogP contribution in [0.4, 0.5) is 0 Å². The van der Waals surface area contributed by atoms with Crippen molar-refractivity contribution in [1.82, 2.24) is 4.90 Å². The van der Waals surface area contributed by atoms with Gasteiger partial charge in [-0.1, -0.05) is 19.9 Å². The lowest BCUT2D eigenvalue weighted by atomic mass is 9.94. The van der Waals surface area contributed by atoms with Gasteiger partial charge in [0.1, 0.15) is 0 Å². The van der Waals surface area contributed by atoms with Gasteiger partial charge in [0.2, 0.25) is 0 Å². The van der Waals surface area contributed by atoms with Crippen molar-refractivity contribution in [2.45, 2.75) is 26.7 Å². The van der Waals surface area contributed by atoms with Crippen LogP contribution in [0.5, 0.6) is 0 Å². The normalized spacial score (nSPS) is 13.6. The molecule has 0 aliphatic carbocycles. The molecule has 0 saturated heterocycles. The third-order valence-corrected chi connectivity index (χ3v) is 2.50. The molecule has 84 valence electrons. The van der Waals surface area contributed by atoms with Gasteiger partial charge in [-0.05, 0) is 44.8 Å². The smallest absolute Gasteiger partial charge is 0.0157 e. The van der Waals surface area contributed by atoms with Gasteiger partial charge in [-0.3, -0.25) is 0 Å². The van der Waals surface area contributed by atoms with Crippen LogP contribution in [-0.2, 0) is 0 Å². The molecule has 0 bridgehead atoms. The summed E-state index contributed by atoms with van der Waals surface area (Å²) in [4.78, 5) is 2.29. The molecule has 0 fully saturated rings. The summed E-state index contributed by atoms with van der Waals surface area (Å²) in [5, 5.41) is 0. The lowest BCUT2D eigenvalue weighted by Gasteiger charge is -2.20. The predicted octanol–water partition coefficient (Wildman–Crippen LogP) is 2.12. The second-order valence-electron chi connectivity index (χ2n) is 4.57. The SMILES string of the molecule is C=CCN(C)CCC(CN)CC(C)C. The molecular formula is C12H26N2. The first kappa shape index (κ1) is 13.7. The summed E-state index contributed by atoms with van der Waals surface area (Å²) in [5.41, 5.74) is 5.74. The highest BCUT2D eigenvalue weighted by molar-refractivity contribution is 4.72. The van der Waals surface area contributed by atoms with Crippen molar-refractivity contribution in [3.63, 3.8) is 0 Å². The zero-order chi connectivity index (χ0) is 11.0. The molecule has 1 unspecified atom stereocenters. The molecule has 1 atom stereocenters. The Bertz CT molecular complexity index is 143. The first-order chi connectivity index (χ1) is 6.60. The molecule has 0 aromatic carbocycles. The molecule has 0 spiro atoms. The number of likely N-dealkylation sites (N-methyl/N-ethyl adjacent to an activating group) is 1. The van der Waals surface area contributed by atoms with E-state index < -0.39 is 0 Å². The molecule has 0 saturated carbocycles. The highest BCUT2D eigenvalue weighted by Gasteiger charge is 2.09. The van der Waals surface area contributed by atoms with E-state index in [1.54, 1.807) is 0 Å². The van der Waals surface area contributed by atoms with Crippen LogP contribution in [0.15, 0.2) is 12.7 Å². The lowest BCUT2D eigenvalue weighted by molar-refractivity contribution is 0.304. The van der Waals surface area contributed by atoms with Crippen LogP contribution in [0.3, 0.4) is 0 Å². The zero-order valence-corrected chi connectivity index (χ0v) is 10.00. The first-order valence-corrected chi connectivity index (χ1v) is 5.59. The lowest BCUT2D eigenvalue weighted by Crippen LogP contribution is -2.25. The maximum Gasteiger partial charge on any atom is 0.0157 e. The summed E-state index contributed by atoms with van der Waals surface area (Å²) in [6, 6.07) is 0. The maximum absolute atomic E-state index is 5.74. The van der Waals surface area contributed by atoms with Crippen molar-refractivity contribution in [3.8, 4) is 0 Å². The molecule has 0 heterocycles. The average Bonchev–Trinajstić information content (AvgIpc) is 2.12. The molecule has 2 heteroatoms. The maximum atomic E-state index is 5.74. The molecule has 0 aliphatic heterocycles. The van der Waals surface area contributed by atoms with Crippen LogP contribution in [0, 0.1) is 11.8 Å². The summed E-state index contributed by atoms with van der Waals surface area (Å²) in [7, 11) is 2.13. The van der Waals surface area contributed by atoms with Crippen molar-refractivity contribution in [2.75, 3.05) is 26.7 Å². The number of nitrogens with two attached hydrogens (primary N) is 1. The number of hydrogen-bond donors (Lipinski definition) is 1. The van der Waals surface area contributed by atoms with Crippen molar-refractivity contribution in [2.24, 2.45) is 17.6 Å². The van der Waals surface area contributed by atoms with Crippen LogP contribution < -0.4 is 5.73 Å². The van der Waals surface area contributed by atoms with E-state index in [1.165, 1.54) is 12.8 Å². The van der Waals surface area contributed by atoms with Crippen molar-refractivity contribution < 1.29 is 0 Å². The summed E-state index contributed by atoms with van der Waals surface area (Å²) in [6.45, 7) is 11.2. The minimum atomic E-state index is 0.683. The van der Waals surface area contributed by atoms with Gasteiger partial charge in [-0.15, -0.1) is 6.58 Å². The fraction of sp³-hybridized carbons (Fsp3) is 0.833. The largest absolute Gasteiger partial charge is 0.330 e. The van der Waals surface area contributed by atoms with Gasteiger partial charge >= 0.3 is 0 Å². The standard InChI is InChI=1S/C12H26N2/c1-5-7-14(4)8-6-12(10-13)9-11(2)3/h5,11-12H,1,6-10,13H2,2-4H3. The fourth-order valence-corrected chi connectivity index (χ4v) is 1.71. The van der Waals surface area contributed by atoms with Crippen molar-refractivity contribution in [3.05, 3.63) is 12.7 Å². The summed E-state index contributed by atoms with van der Waals surface area (Å²) in [5.74, 6) is 1.44. The Kier molecular flexibility index (Phi) is 7.81. The van der Waals surface area contributed by atoms with E-state index in [1.807, 2.05) is 6.08 Å². The molecule has 14 heavy (non-hydrogen) atoms. The number of rotatable bonds is 8. The molecule has 0 rings (SSSR count). The Morgan fingerprint density at radius 2 is 2.07 bits per heavy atom. The topological polar surface area (TPSA) is 29.3 Å². The van der Waals surface area contributed by atoms with Gasteiger partial charge < -0.3 is 10.6 Å². The summed E-state index contributed by atoms with van der Waals surface area (Å²) >= 11 is 0. The molecule has 0 aromatic rings. The predicted molar refractivity (Wildman–Crippen MR) is 64.3 cm³/mol.